The Kier molecular flexibility index (Phi) is 11.9. The molecule has 0 saturated heterocycles. The van der Waals surface area contributed by atoms with Crippen LogP contribution in [0.4, 0.5) is 11.4 Å². The van der Waals surface area contributed by atoms with Crippen molar-refractivity contribution in [1.82, 2.24) is 0 Å². The summed E-state index contributed by atoms with van der Waals surface area (Å²) in [7, 11) is 0. The van der Waals surface area contributed by atoms with Crippen LogP contribution in [-0.2, 0) is 23.9 Å². The first-order valence-corrected chi connectivity index (χ1v) is 9.73. The average Bonchev–Trinajstić information content (AvgIpc) is 2.71. The van der Waals surface area contributed by atoms with Gasteiger partial charge < -0.3 is 34.6 Å². The van der Waals surface area contributed by atoms with E-state index in [0.29, 0.717) is 23.7 Å². The number of amides is 1. The summed E-state index contributed by atoms with van der Waals surface area (Å²) in [5.74, 6) is -0.698. The van der Waals surface area contributed by atoms with Gasteiger partial charge in [0.15, 0.2) is 0 Å². The zero-order valence-electron chi connectivity index (χ0n) is 17.4. The zero-order valence-corrected chi connectivity index (χ0v) is 17.4. The Balaban J connectivity index is 3.05. The third kappa shape index (κ3) is 9.57. The van der Waals surface area contributed by atoms with Crippen molar-refractivity contribution in [2.45, 2.75) is 26.7 Å². The highest BCUT2D eigenvalue weighted by Crippen LogP contribution is 2.32. The molecule has 0 unspecified atom stereocenters. The van der Waals surface area contributed by atoms with Gasteiger partial charge in [0, 0.05) is 25.7 Å². The lowest BCUT2D eigenvalue weighted by molar-refractivity contribution is -0.144. The number of rotatable bonds is 14. The Morgan fingerprint density at radius 3 is 2.03 bits per heavy atom. The van der Waals surface area contributed by atoms with Crippen molar-refractivity contribution in [1.29, 1.82) is 0 Å². The fourth-order valence-corrected chi connectivity index (χ4v) is 2.59. The summed E-state index contributed by atoms with van der Waals surface area (Å²) in [6.45, 7) is 3.33. The van der Waals surface area contributed by atoms with Crippen LogP contribution in [0.2, 0.25) is 0 Å². The molecule has 0 fully saturated rings. The number of carbonyl (C=O) groups is 3. The molecule has 0 radical (unpaired) electrons. The molecule has 0 spiro atoms. The minimum absolute atomic E-state index is 0.0155. The van der Waals surface area contributed by atoms with Crippen molar-refractivity contribution in [2.75, 3.05) is 56.3 Å². The first-order valence-electron chi connectivity index (χ1n) is 9.73. The Morgan fingerprint density at radius 2 is 1.57 bits per heavy atom. The fraction of sp³-hybridized carbons (Fsp3) is 0.550. The molecule has 1 aromatic rings. The van der Waals surface area contributed by atoms with Crippen LogP contribution in [0, 0.1) is 0 Å². The van der Waals surface area contributed by atoms with E-state index in [1.165, 1.54) is 6.92 Å². The lowest BCUT2D eigenvalue weighted by atomic mass is 10.2. The highest BCUT2D eigenvalue weighted by Gasteiger charge is 2.18. The quantitative estimate of drug-likeness (QED) is 0.367. The molecule has 0 aliphatic carbocycles. The van der Waals surface area contributed by atoms with E-state index < -0.39 is 11.9 Å². The standard InChI is InChI=1S/C20H30N2O8/c1-3-28-18-5-4-16(21-15(2)25)14-17(18)22(8-6-19(26)29-12-10-23)9-7-20(27)30-13-11-24/h4-5,14,23-24H,3,6-13H2,1-2H3,(H,21,25). The third-order valence-corrected chi connectivity index (χ3v) is 3.80. The molecule has 168 valence electrons. The van der Waals surface area contributed by atoms with Crippen LogP contribution in [0.25, 0.3) is 0 Å². The number of benzene rings is 1. The van der Waals surface area contributed by atoms with Crippen molar-refractivity contribution in [3.05, 3.63) is 18.2 Å². The molecule has 0 atom stereocenters. The van der Waals surface area contributed by atoms with E-state index in [0.717, 1.165) is 0 Å². The maximum atomic E-state index is 11.9. The van der Waals surface area contributed by atoms with Crippen LogP contribution in [0.3, 0.4) is 0 Å². The largest absolute Gasteiger partial charge is 0.492 e. The molecule has 0 aliphatic rings. The molecule has 1 amide bonds. The average molecular weight is 426 g/mol. The van der Waals surface area contributed by atoms with Crippen LogP contribution in [-0.4, -0.2) is 74.2 Å². The number of hydrogen-bond acceptors (Lipinski definition) is 9. The van der Waals surface area contributed by atoms with Gasteiger partial charge in [-0.05, 0) is 25.1 Å². The number of nitrogens with zero attached hydrogens (tertiary/aromatic N) is 1. The Bertz CT molecular complexity index is 671. The SMILES string of the molecule is CCOc1ccc(NC(C)=O)cc1N(CCC(=O)OCCO)CCC(=O)OCCO. The van der Waals surface area contributed by atoms with Gasteiger partial charge in [0.25, 0.3) is 0 Å². The highest BCUT2D eigenvalue weighted by molar-refractivity contribution is 5.89. The number of esters is 2. The predicted molar refractivity (Wildman–Crippen MR) is 109 cm³/mol. The topological polar surface area (TPSA) is 135 Å². The van der Waals surface area contributed by atoms with E-state index in [1.54, 1.807) is 23.1 Å². The van der Waals surface area contributed by atoms with E-state index in [9.17, 15) is 14.4 Å². The first kappa shape index (κ1) is 25.2. The second-order valence-corrected chi connectivity index (χ2v) is 6.17. The van der Waals surface area contributed by atoms with Crippen molar-refractivity contribution in [3.63, 3.8) is 0 Å². The van der Waals surface area contributed by atoms with Gasteiger partial charge in [0.1, 0.15) is 19.0 Å². The summed E-state index contributed by atoms with van der Waals surface area (Å²) >= 11 is 0. The Morgan fingerprint density at radius 1 is 1.00 bits per heavy atom. The second kappa shape index (κ2) is 14.2. The number of aliphatic hydroxyl groups excluding tert-OH is 2. The molecule has 0 bridgehead atoms. The molecule has 0 heterocycles. The summed E-state index contributed by atoms with van der Waals surface area (Å²) in [5, 5.41) is 20.2. The van der Waals surface area contributed by atoms with Gasteiger partial charge in [-0.3, -0.25) is 14.4 Å². The van der Waals surface area contributed by atoms with Gasteiger partial charge >= 0.3 is 11.9 Å². The Hall–Kier alpha value is -2.85. The lowest BCUT2D eigenvalue weighted by Gasteiger charge is -2.27. The van der Waals surface area contributed by atoms with Gasteiger partial charge in [-0.25, -0.2) is 0 Å². The lowest BCUT2D eigenvalue weighted by Crippen LogP contribution is -2.30. The van der Waals surface area contributed by atoms with Gasteiger partial charge in [0.2, 0.25) is 5.91 Å². The fourth-order valence-electron chi connectivity index (χ4n) is 2.59. The molecule has 10 nitrogen and oxygen atoms in total. The molecule has 0 aliphatic heterocycles. The first-order chi connectivity index (χ1) is 14.4. The van der Waals surface area contributed by atoms with Gasteiger partial charge in [-0.1, -0.05) is 0 Å². The molecule has 1 aromatic carbocycles. The van der Waals surface area contributed by atoms with E-state index >= 15 is 0 Å². The van der Waals surface area contributed by atoms with E-state index in [2.05, 4.69) is 5.32 Å². The molecule has 0 saturated carbocycles. The summed E-state index contributed by atoms with van der Waals surface area (Å²) in [6, 6.07) is 5.09. The van der Waals surface area contributed by atoms with Crippen LogP contribution in [0.15, 0.2) is 18.2 Å². The van der Waals surface area contributed by atoms with E-state index in [-0.39, 0.29) is 58.3 Å². The van der Waals surface area contributed by atoms with E-state index in [1.807, 2.05) is 6.92 Å². The minimum atomic E-state index is -0.493. The maximum Gasteiger partial charge on any atom is 0.307 e. The highest BCUT2D eigenvalue weighted by atomic mass is 16.5. The van der Waals surface area contributed by atoms with Crippen molar-refractivity contribution >= 4 is 29.2 Å². The number of nitrogens with one attached hydrogen (secondary N) is 1. The smallest absolute Gasteiger partial charge is 0.307 e. The molecular formula is C20H30N2O8. The van der Waals surface area contributed by atoms with Crippen molar-refractivity contribution in [3.8, 4) is 5.75 Å². The number of ether oxygens (including phenoxy) is 3. The molecule has 1 rings (SSSR count). The van der Waals surface area contributed by atoms with Crippen LogP contribution in [0.5, 0.6) is 5.75 Å². The molecule has 30 heavy (non-hydrogen) atoms. The zero-order chi connectivity index (χ0) is 22.4. The summed E-state index contributed by atoms with van der Waals surface area (Å²) in [4.78, 5) is 36.9. The molecule has 3 N–H and O–H groups in total. The normalized spacial score (nSPS) is 10.3. The number of hydrogen-bond donors (Lipinski definition) is 3. The molecular weight excluding hydrogens is 396 g/mol. The van der Waals surface area contributed by atoms with Crippen LogP contribution < -0.4 is 15.0 Å². The Labute approximate surface area is 175 Å². The maximum absolute atomic E-state index is 11.9. The molecule has 0 aromatic heterocycles. The summed E-state index contributed by atoms with van der Waals surface area (Å²) < 4.78 is 15.4. The third-order valence-electron chi connectivity index (χ3n) is 3.80. The second-order valence-electron chi connectivity index (χ2n) is 6.17. The van der Waals surface area contributed by atoms with Crippen LogP contribution in [0.1, 0.15) is 26.7 Å². The number of anilines is 2. The minimum Gasteiger partial charge on any atom is -0.492 e. The van der Waals surface area contributed by atoms with Crippen molar-refractivity contribution < 1.29 is 38.8 Å². The van der Waals surface area contributed by atoms with Gasteiger partial charge in [-0.15, -0.1) is 0 Å². The monoisotopic (exact) mass is 426 g/mol. The van der Waals surface area contributed by atoms with Gasteiger partial charge in [-0.2, -0.15) is 0 Å². The summed E-state index contributed by atoms with van der Waals surface area (Å²) in [5.41, 5.74) is 1.13. The van der Waals surface area contributed by atoms with Gasteiger partial charge in [0.05, 0.1) is 38.3 Å². The molecule has 10 heteroatoms. The van der Waals surface area contributed by atoms with Crippen LogP contribution >= 0.6 is 0 Å². The predicted octanol–water partition coefficient (Wildman–Crippen LogP) is 0.701. The number of aliphatic hydroxyl groups is 2. The van der Waals surface area contributed by atoms with Crippen molar-refractivity contribution in [2.24, 2.45) is 0 Å². The van der Waals surface area contributed by atoms with E-state index in [4.69, 9.17) is 24.4 Å². The summed E-state index contributed by atoms with van der Waals surface area (Å²) in [6.07, 6.45) is 0.0310. The number of carbonyl (C=O) groups excluding carboxylic acids is 3.